The van der Waals surface area contributed by atoms with Gasteiger partial charge in [-0.25, -0.2) is 8.98 Å². The van der Waals surface area contributed by atoms with Gasteiger partial charge in [0.15, 0.2) is 6.29 Å². The highest BCUT2D eigenvalue weighted by Gasteiger charge is 2.43. The van der Waals surface area contributed by atoms with E-state index < -0.39 is 53.5 Å². The number of hydrogen-bond acceptors (Lipinski definition) is 11. The molecule has 8 atom stereocenters. The number of rotatable bonds is 18. The van der Waals surface area contributed by atoms with Crippen LogP contribution >= 0.6 is 0 Å². The molecule has 1 aromatic rings. The van der Waals surface area contributed by atoms with Crippen LogP contribution < -0.4 is 5.32 Å². The summed E-state index contributed by atoms with van der Waals surface area (Å²) in [4.78, 5) is 23.7. The van der Waals surface area contributed by atoms with Crippen molar-refractivity contribution in [2.75, 3.05) is 46.2 Å². The number of allylic oxidation sites excluding steroid dienone is 2. The molecular formula is C30H43NO13S. The summed E-state index contributed by atoms with van der Waals surface area (Å²) in [6.07, 6.45) is 4.44. The molecule has 0 bridgehead atoms. The molecule has 0 radical (unpaired) electrons. The van der Waals surface area contributed by atoms with E-state index in [4.69, 9.17) is 28.6 Å². The molecule has 1 aliphatic heterocycles. The average molecular weight is 658 g/mol. The van der Waals surface area contributed by atoms with Crippen LogP contribution in [0.1, 0.15) is 25.3 Å². The fourth-order valence-electron chi connectivity index (χ4n) is 5.28. The SMILES string of the molecule is CC1C(O)C(COS(=O)(=O)O)OC(OCCNC(=O)C2CC(/C=C/c3ccccc3)CC2C=CCOCCOCC(=O)O)C1O. The fourth-order valence-corrected chi connectivity index (χ4v) is 5.59. The maximum Gasteiger partial charge on any atom is 0.397 e. The molecule has 3 rings (SSSR count). The number of nitrogens with one attached hydrogen (secondary N) is 1. The van der Waals surface area contributed by atoms with E-state index in [1.165, 1.54) is 6.92 Å². The van der Waals surface area contributed by atoms with Crippen molar-refractivity contribution in [2.45, 2.75) is 44.4 Å². The van der Waals surface area contributed by atoms with E-state index in [0.29, 0.717) is 6.42 Å². The summed E-state index contributed by atoms with van der Waals surface area (Å²) < 4.78 is 56.5. The minimum Gasteiger partial charge on any atom is -0.480 e. The summed E-state index contributed by atoms with van der Waals surface area (Å²) in [6.45, 7) is 1.22. The molecule has 252 valence electrons. The maximum absolute atomic E-state index is 13.2. The number of amides is 1. The molecule has 14 nitrogen and oxygen atoms in total. The summed E-state index contributed by atoms with van der Waals surface area (Å²) in [5.74, 6) is -2.17. The van der Waals surface area contributed by atoms with Crippen molar-refractivity contribution in [3.05, 3.63) is 54.1 Å². The third-order valence-electron chi connectivity index (χ3n) is 7.65. The third kappa shape index (κ3) is 12.9. The molecule has 1 heterocycles. The number of aliphatic hydroxyl groups excluding tert-OH is 2. The van der Waals surface area contributed by atoms with Crippen molar-refractivity contribution < 1.29 is 61.0 Å². The van der Waals surface area contributed by atoms with Crippen molar-refractivity contribution >= 4 is 28.4 Å². The number of aliphatic carboxylic acids is 1. The van der Waals surface area contributed by atoms with Crippen LogP contribution in [0, 0.1) is 23.7 Å². The van der Waals surface area contributed by atoms with Crippen molar-refractivity contribution in [3.8, 4) is 0 Å². The standard InChI is InChI=1S/C30H43NO13S/c1-20-27(34)25(18-43-45(37,38)39)44-30(28(20)35)42-13-11-31-29(36)24-17-22(10-9-21-6-3-2-4-7-21)16-23(24)8-5-12-40-14-15-41-19-26(32)33/h2-10,20,22-25,27-28,30,34-35H,11-19H2,1H3,(H,31,36)(H,32,33)(H,37,38,39)/b8-5?,10-9+. The van der Waals surface area contributed by atoms with Gasteiger partial charge in [0.25, 0.3) is 0 Å². The van der Waals surface area contributed by atoms with Crippen LogP contribution in [0.5, 0.6) is 0 Å². The summed E-state index contributed by atoms with van der Waals surface area (Å²) >= 11 is 0. The zero-order chi connectivity index (χ0) is 32.8. The summed E-state index contributed by atoms with van der Waals surface area (Å²) in [5.41, 5.74) is 1.06. The van der Waals surface area contributed by atoms with E-state index in [1.807, 2.05) is 48.6 Å². The molecule has 1 aromatic carbocycles. The van der Waals surface area contributed by atoms with E-state index in [1.54, 1.807) is 0 Å². The van der Waals surface area contributed by atoms with Crippen LogP contribution in [0.2, 0.25) is 0 Å². The topological polar surface area (TPSA) is 207 Å². The zero-order valence-electron chi connectivity index (χ0n) is 25.1. The Kier molecular flexibility index (Phi) is 15.0. The fraction of sp³-hybridized carbons (Fsp3) is 0.600. The molecule has 5 N–H and O–H groups in total. The molecule has 1 saturated carbocycles. The van der Waals surface area contributed by atoms with Crippen LogP contribution in [-0.2, 0) is 43.1 Å². The monoisotopic (exact) mass is 657 g/mol. The van der Waals surface area contributed by atoms with Crippen molar-refractivity contribution in [3.63, 3.8) is 0 Å². The molecule has 15 heteroatoms. The lowest BCUT2D eigenvalue weighted by Gasteiger charge is -2.40. The number of hydrogen-bond donors (Lipinski definition) is 5. The van der Waals surface area contributed by atoms with Crippen molar-refractivity contribution in [2.24, 2.45) is 23.7 Å². The highest BCUT2D eigenvalue weighted by Crippen LogP contribution is 2.38. The number of carboxylic acids is 1. The molecule has 1 saturated heterocycles. The lowest BCUT2D eigenvalue weighted by molar-refractivity contribution is -0.285. The van der Waals surface area contributed by atoms with Crippen LogP contribution in [-0.4, -0.2) is 111 Å². The smallest absolute Gasteiger partial charge is 0.397 e. The van der Waals surface area contributed by atoms with Gasteiger partial charge in [-0.05, 0) is 30.2 Å². The van der Waals surface area contributed by atoms with Gasteiger partial charge in [0.2, 0.25) is 5.91 Å². The number of aliphatic hydroxyl groups is 2. The largest absolute Gasteiger partial charge is 0.480 e. The number of carbonyl (C=O) groups excluding carboxylic acids is 1. The van der Waals surface area contributed by atoms with E-state index in [0.717, 1.165) is 12.0 Å². The Bertz CT molecular complexity index is 1230. The highest BCUT2D eigenvalue weighted by molar-refractivity contribution is 7.80. The normalized spacial score (nSPS) is 29.0. The average Bonchev–Trinajstić information content (AvgIpc) is 3.41. The molecule has 1 amide bonds. The number of ether oxygens (including phenoxy) is 4. The first-order valence-corrected chi connectivity index (χ1v) is 16.1. The summed E-state index contributed by atoms with van der Waals surface area (Å²) in [6, 6.07) is 9.86. The second kappa shape index (κ2) is 18.4. The predicted octanol–water partition coefficient (Wildman–Crippen LogP) is 1.05. The van der Waals surface area contributed by atoms with Gasteiger partial charge in [-0.2, -0.15) is 8.42 Å². The van der Waals surface area contributed by atoms with Gasteiger partial charge in [-0.15, -0.1) is 0 Å². The van der Waals surface area contributed by atoms with Crippen molar-refractivity contribution in [1.29, 1.82) is 0 Å². The van der Waals surface area contributed by atoms with Gasteiger partial charge in [0, 0.05) is 18.4 Å². The van der Waals surface area contributed by atoms with Crippen molar-refractivity contribution in [1.82, 2.24) is 5.32 Å². The molecule has 0 aromatic heterocycles. The van der Waals surface area contributed by atoms with Gasteiger partial charge < -0.3 is 39.6 Å². The maximum atomic E-state index is 13.2. The first-order chi connectivity index (χ1) is 21.4. The third-order valence-corrected chi connectivity index (χ3v) is 8.09. The second-order valence-electron chi connectivity index (χ2n) is 11.0. The zero-order valence-corrected chi connectivity index (χ0v) is 25.9. The van der Waals surface area contributed by atoms with E-state index in [-0.39, 0.29) is 63.2 Å². The quantitative estimate of drug-likeness (QED) is 0.0851. The summed E-state index contributed by atoms with van der Waals surface area (Å²) in [7, 11) is -4.76. The highest BCUT2D eigenvalue weighted by atomic mass is 32.3. The van der Waals surface area contributed by atoms with Crippen LogP contribution in [0.4, 0.5) is 0 Å². The Hall–Kier alpha value is -2.73. The molecule has 2 aliphatic rings. The number of carboxylic acid groups (broad SMARTS) is 1. The Morgan fingerprint density at radius 3 is 2.49 bits per heavy atom. The number of carbonyl (C=O) groups is 2. The van der Waals surface area contributed by atoms with Gasteiger partial charge in [0.1, 0.15) is 18.8 Å². The first-order valence-electron chi connectivity index (χ1n) is 14.7. The van der Waals surface area contributed by atoms with E-state index >= 15 is 0 Å². The Balaban J connectivity index is 1.51. The Morgan fingerprint density at radius 2 is 1.78 bits per heavy atom. The number of benzene rings is 1. The molecule has 0 spiro atoms. The van der Waals surface area contributed by atoms with Gasteiger partial charge in [-0.3, -0.25) is 9.35 Å². The van der Waals surface area contributed by atoms with E-state index in [2.05, 4.69) is 15.6 Å². The van der Waals surface area contributed by atoms with Gasteiger partial charge in [-0.1, -0.05) is 61.6 Å². The molecule has 2 fully saturated rings. The van der Waals surface area contributed by atoms with Crippen LogP contribution in [0.3, 0.4) is 0 Å². The second-order valence-corrected chi connectivity index (χ2v) is 12.1. The van der Waals surface area contributed by atoms with Gasteiger partial charge >= 0.3 is 16.4 Å². The molecule has 1 aliphatic carbocycles. The lowest BCUT2D eigenvalue weighted by atomic mass is 9.91. The summed E-state index contributed by atoms with van der Waals surface area (Å²) in [5, 5.41) is 32.2. The first kappa shape index (κ1) is 36.7. The Labute approximate surface area is 262 Å². The van der Waals surface area contributed by atoms with E-state index in [9.17, 15) is 28.2 Å². The molecule has 8 unspecified atom stereocenters. The minimum atomic E-state index is -4.76. The molecular weight excluding hydrogens is 614 g/mol. The molecule has 45 heavy (non-hydrogen) atoms. The van der Waals surface area contributed by atoms with Crippen LogP contribution in [0.15, 0.2) is 48.6 Å². The van der Waals surface area contributed by atoms with Gasteiger partial charge in [0.05, 0.1) is 39.1 Å². The predicted molar refractivity (Wildman–Crippen MR) is 160 cm³/mol. The lowest BCUT2D eigenvalue weighted by Crippen LogP contribution is -2.55. The van der Waals surface area contributed by atoms with Crippen LogP contribution in [0.25, 0.3) is 6.08 Å². The minimum absolute atomic E-state index is 0.0372. The Morgan fingerprint density at radius 1 is 1.04 bits per heavy atom.